The van der Waals surface area contributed by atoms with Crippen LogP contribution in [0.25, 0.3) is 0 Å². The summed E-state index contributed by atoms with van der Waals surface area (Å²) in [6.07, 6.45) is 5.57. The second-order valence-corrected chi connectivity index (χ2v) is 3.71. The van der Waals surface area contributed by atoms with Crippen molar-refractivity contribution in [3.05, 3.63) is 0 Å². The van der Waals surface area contributed by atoms with E-state index in [-0.39, 0.29) is 12.1 Å². The Morgan fingerprint density at radius 1 is 1.50 bits per heavy atom. The Morgan fingerprint density at radius 2 is 2.25 bits per heavy atom. The molecule has 2 nitrogen and oxygen atoms in total. The zero-order chi connectivity index (χ0) is 8.97. The van der Waals surface area contributed by atoms with Crippen molar-refractivity contribution < 1.29 is 9.53 Å². The van der Waals surface area contributed by atoms with Crippen LogP contribution in [0.4, 0.5) is 0 Å². The van der Waals surface area contributed by atoms with Crippen LogP contribution < -0.4 is 0 Å². The van der Waals surface area contributed by atoms with E-state index in [0.717, 1.165) is 6.42 Å². The maximum atomic E-state index is 10.9. The van der Waals surface area contributed by atoms with Gasteiger partial charge in [-0.1, -0.05) is 26.7 Å². The maximum absolute atomic E-state index is 10.9. The highest BCUT2D eigenvalue weighted by molar-refractivity contribution is 5.71. The van der Waals surface area contributed by atoms with E-state index >= 15 is 0 Å². The predicted octanol–water partition coefficient (Wildman–Crippen LogP) is 2.52. The molecule has 0 aromatic carbocycles. The van der Waals surface area contributed by atoms with Crippen LogP contribution in [0.3, 0.4) is 0 Å². The molecular weight excluding hydrogens is 152 g/mol. The number of esters is 1. The van der Waals surface area contributed by atoms with Gasteiger partial charge in [-0.25, -0.2) is 0 Å². The number of ether oxygens (including phenoxy) is 1. The average Bonchev–Trinajstić information content (AvgIpc) is 2.31. The third-order valence-corrected chi connectivity index (χ3v) is 2.50. The topological polar surface area (TPSA) is 26.3 Å². The SMILES string of the molecule is CCCCC[C@H]1OC(=O)C[C@@H]1C. The quantitative estimate of drug-likeness (QED) is 0.478. The van der Waals surface area contributed by atoms with E-state index in [9.17, 15) is 4.79 Å². The first-order chi connectivity index (χ1) is 5.74. The number of carbonyl (C=O) groups is 1. The molecule has 0 amide bonds. The number of carbonyl (C=O) groups excluding carboxylic acids is 1. The summed E-state index contributed by atoms with van der Waals surface area (Å²) < 4.78 is 5.18. The molecule has 0 aromatic rings. The van der Waals surface area contributed by atoms with Crippen LogP contribution in [0.2, 0.25) is 0 Å². The number of hydrogen-bond donors (Lipinski definition) is 0. The van der Waals surface area contributed by atoms with E-state index in [0.29, 0.717) is 12.3 Å². The van der Waals surface area contributed by atoms with Crippen LogP contribution in [-0.4, -0.2) is 12.1 Å². The second-order valence-electron chi connectivity index (χ2n) is 3.71. The van der Waals surface area contributed by atoms with E-state index in [4.69, 9.17) is 4.74 Å². The molecule has 0 spiro atoms. The predicted molar refractivity (Wildman–Crippen MR) is 47.8 cm³/mol. The molecule has 0 N–H and O–H groups in total. The fourth-order valence-corrected chi connectivity index (χ4v) is 1.67. The van der Waals surface area contributed by atoms with Crippen molar-refractivity contribution in [1.29, 1.82) is 0 Å². The smallest absolute Gasteiger partial charge is 0.306 e. The summed E-state index contributed by atoms with van der Waals surface area (Å²) in [6, 6.07) is 0. The van der Waals surface area contributed by atoms with Gasteiger partial charge in [0.2, 0.25) is 0 Å². The van der Waals surface area contributed by atoms with Gasteiger partial charge in [0.15, 0.2) is 0 Å². The van der Waals surface area contributed by atoms with Gasteiger partial charge in [0.05, 0.1) is 6.42 Å². The minimum Gasteiger partial charge on any atom is -0.462 e. The molecule has 0 aliphatic carbocycles. The van der Waals surface area contributed by atoms with Crippen LogP contribution in [0, 0.1) is 5.92 Å². The lowest BCUT2D eigenvalue weighted by atomic mass is 9.99. The molecule has 1 rings (SSSR count). The second kappa shape index (κ2) is 4.48. The van der Waals surface area contributed by atoms with Crippen molar-refractivity contribution in [3.8, 4) is 0 Å². The molecule has 70 valence electrons. The van der Waals surface area contributed by atoms with Crippen LogP contribution in [0.15, 0.2) is 0 Å². The summed E-state index contributed by atoms with van der Waals surface area (Å²) in [7, 11) is 0. The molecule has 2 heteroatoms. The van der Waals surface area contributed by atoms with Gasteiger partial charge >= 0.3 is 5.97 Å². The van der Waals surface area contributed by atoms with Gasteiger partial charge < -0.3 is 4.74 Å². The number of cyclic esters (lactones) is 1. The molecule has 0 radical (unpaired) electrons. The van der Waals surface area contributed by atoms with Gasteiger partial charge in [0, 0.05) is 5.92 Å². The molecule has 1 aliphatic rings. The third kappa shape index (κ3) is 2.50. The van der Waals surface area contributed by atoms with Gasteiger partial charge in [0.1, 0.15) is 6.10 Å². The van der Waals surface area contributed by atoms with Crippen molar-refractivity contribution in [2.45, 2.75) is 52.1 Å². The molecule has 0 bridgehead atoms. The number of rotatable bonds is 4. The third-order valence-electron chi connectivity index (χ3n) is 2.50. The van der Waals surface area contributed by atoms with E-state index in [1.165, 1.54) is 19.3 Å². The number of unbranched alkanes of at least 4 members (excludes halogenated alkanes) is 2. The molecule has 1 heterocycles. The van der Waals surface area contributed by atoms with E-state index in [1.807, 2.05) is 0 Å². The minimum atomic E-state index is -0.0102. The minimum absolute atomic E-state index is 0.0102. The molecule has 0 unspecified atom stereocenters. The number of hydrogen-bond acceptors (Lipinski definition) is 2. The Bertz CT molecular complexity index is 154. The normalized spacial score (nSPS) is 29.0. The largest absolute Gasteiger partial charge is 0.462 e. The van der Waals surface area contributed by atoms with Gasteiger partial charge in [-0.3, -0.25) is 4.79 Å². The average molecular weight is 170 g/mol. The summed E-state index contributed by atoms with van der Waals surface area (Å²) in [5.41, 5.74) is 0. The van der Waals surface area contributed by atoms with Gasteiger partial charge in [-0.15, -0.1) is 0 Å². The van der Waals surface area contributed by atoms with E-state index < -0.39 is 0 Å². The van der Waals surface area contributed by atoms with Gasteiger partial charge in [-0.05, 0) is 12.8 Å². The molecular formula is C10H18O2. The Kier molecular flexibility index (Phi) is 3.57. The molecule has 0 aromatic heterocycles. The Labute approximate surface area is 74.3 Å². The molecule has 12 heavy (non-hydrogen) atoms. The summed E-state index contributed by atoms with van der Waals surface area (Å²) in [5, 5.41) is 0. The molecule has 0 saturated carbocycles. The Balaban J connectivity index is 2.19. The Hall–Kier alpha value is -0.530. The maximum Gasteiger partial charge on any atom is 0.306 e. The molecule has 2 atom stereocenters. The monoisotopic (exact) mass is 170 g/mol. The van der Waals surface area contributed by atoms with E-state index in [2.05, 4.69) is 13.8 Å². The zero-order valence-electron chi connectivity index (χ0n) is 8.01. The van der Waals surface area contributed by atoms with Crippen molar-refractivity contribution in [2.75, 3.05) is 0 Å². The first kappa shape index (κ1) is 9.56. The van der Waals surface area contributed by atoms with E-state index in [1.54, 1.807) is 0 Å². The van der Waals surface area contributed by atoms with Crippen molar-refractivity contribution in [1.82, 2.24) is 0 Å². The van der Waals surface area contributed by atoms with Crippen molar-refractivity contribution >= 4 is 5.97 Å². The zero-order valence-corrected chi connectivity index (χ0v) is 8.01. The summed E-state index contributed by atoms with van der Waals surface area (Å²) in [5.74, 6) is 0.429. The highest BCUT2D eigenvalue weighted by Gasteiger charge is 2.30. The van der Waals surface area contributed by atoms with Crippen LogP contribution >= 0.6 is 0 Å². The van der Waals surface area contributed by atoms with Crippen LogP contribution in [-0.2, 0) is 9.53 Å². The lowest BCUT2D eigenvalue weighted by Crippen LogP contribution is -2.12. The van der Waals surface area contributed by atoms with Crippen molar-refractivity contribution in [3.63, 3.8) is 0 Å². The van der Waals surface area contributed by atoms with Crippen LogP contribution in [0.1, 0.15) is 46.0 Å². The van der Waals surface area contributed by atoms with Crippen molar-refractivity contribution in [2.24, 2.45) is 5.92 Å². The standard InChI is InChI=1S/C10H18O2/c1-3-4-5-6-9-8(2)7-10(11)12-9/h8-9H,3-7H2,1-2H3/t8-,9+/m0/s1. The Morgan fingerprint density at radius 3 is 2.75 bits per heavy atom. The fraction of sp³-hybridized carbons (Fsp3) is 0.900. The van der Waals surface area contributed by atoms with Gasteiger partial charge in [0.25, 0.3) is 0 Å². The summed E-state index contributed by atoms with van der Waals surface area (Å²) >= 11 is 0. The molecule has 1 saturated heterocycles. The fourth-order valence-electron chi connectivity index (χ4n) is 1.67. The highest BCUT2D eigenvalue weighted by Crippen LogP contribution is 2.25. The highest BCUT2D eigenvalue weighted by atomic mass is 16.5. The summed E-state index contributed by atoms with van der Waals surface area (Å²) in [4.78, 5) is 10.9. The lowest BCUT2D eigenvalue weighted by Gasteiger charge is -2.12. The summed E-state index contributed by atoms with van der Waals surface area (Å²) in [6.45, 7) is 4.28. The first-order valence-electron chi connectivity index (χ1n) is 4.93. The molecule has 1 aliphatic heterocycles. The first-order valence-corrected chi connectivity index (χ1v) is 4.93. The van der Waals surface area contributed by atoms with Gasteiger partial charge in [-0.2, -0.15) is 0 Å². The lowest BCUT2D eigenvalue weighted by molar-refractivity contribution is -0.141. The molecule has 1 fully saturated rings. The van der Waals surface area contributed by atoms with Crippen LogP contribution in [0.5, 0.6) is 0 Å².